The van der Waals surface area contributed by atoms with Crippen LogP contribution < -0.4 is 9.80 Å². The minimum absolute atomic E-state index is 0.143. The van der Waals surface area contributed by atoms with Gasteiger partial charge in [-0.2, -0.15) is 0 Å². The highest BCUT2D eigenvalue weighted by Crippen LogP contribution is 2.30. The van der Waals surface area contributed by atoms with E-state index in [2.05, 4.69) is 14.9 Å². The largest absolute Gasteiger partial charge is 0.423 e. The van der Waals surface area contributed by atoms with Crippen molar-refractivity contribution in [2.75, 3.05) is 43.5 Å². The SMILES string of the molecule is CN=C1CCN(c2ccc(-c3ccc(N4C[C@@H](N(C)C(C)=O)OC4=O)cc3F)cn2)CC1. The lowest BCUT2D eigenvalue weighted by Gasteiger charge is -2.28. The maximum atomic E-state index is 14.9. The van der Waals surface area contributed by atoms with Crippen LogP contribution in [0, 0.1) is 5.82 Å². The number of carbonyl (C=O) groups is 2. The molecule has 2 fully saturated rings. The van der Waals surface area contributed by atoms with Crippen molar-refractivity contribution in [3.05, 3.63) is 42.3 Å². The number of halogens is 1. The van der Waals surface area contributed by atoms with Crippen LogP contribution in [-0.4, -0.2) is 67.6 Å². The molecule has 0 saturated carbocycles. The summed E-state index contributed by atoms with van der Waals surface area (Å²) in [4.78, 5) is 37.4. The Kier molecular flexibility index (Phi) is 6.07. The molecule has 0 N–H and O–H groups in total. The molecule has 1 atom stereocenters. The van der Waals surface area contributed by atoms with Gasteiger partial charge >= 0.3 is 6.09 Å². The summed E-state index contributed by atoms with van der Waals surface area (Å²) >= 11 is 0. The average Bonchev–Trinajstić information content (AvgIpc) is 3.20. The maximum Gasteiger partial charge on any atom is 0.416 e. The zero-order valence-electron chi connectivity index (χ0n) is 18.4. The zero-order chi connectivity index (χ0) is 22.8. The number of hydrogen-bond donors (Lipinski definition) is 0. The number of hydrogen-bond acceptors (Lipinski definition) is 6. The molecule has 4 rings (SSSR count). The van der Waals surface area contributed by atoms with E-state index in [-0.39, 0.29) is 12.5 Å². The van der Waals surface area contributed by atoms with Gasteiger partial charge in [-0.05, 0) is 30.3 Å². The third kappa shape index (κ3) is 4.28. The van der Waals surface area contributed by atoms with Gasteiger partial charge in [0.2, 0.25) is 5.91 Å². The van der Waals surface area contributed by atoms with Gasteiger partial charge in [-0.25, -0.2) is 14.2 Å². The molecule has 2 aromatic rings. The smallest absolute Gasteiger partial charge is 0.416 e. The summed E-state index contributed by atoms with van der Waals surface area (Å²) in [5, 5.41) is 0. The van der Waals surface area contributed by atoms with Crippen molar-refractivity contribution >= 4 is 29.2 Å². The topological polar surface area (TPSA) is 78.3 Å². The first kappa shape index (κ1) is 21.7. The van der Waals surface area contributed by atoms with E-state index in [1.54, 1.807) is 25.4 Å². The molecule has 0 unspecified atom stereocenters. The van der Waals surface area contributed by atoms with Crippen LogP contribution in [0.4, 0.5) is 20.7 Å². The van der Waals surface area contributed by atoms with Gasteiger partial charge in [-0.1, -0.05) is 0 Å². The highest BCUT2D eigenvalue weighted by molar-refractivity contribution is 5.90. The molecule has 3 heterocycles. The first-order valence-corrected chi connectivity index (χ1v) is 10.5. The molecule has 9 heteroatoms. The highest BCUT2D eigenvalue weighted by atomic mass is 19.1. The fourth-order valence-corrected chi connectivity index (χ4v) is 3.92. The number of carbonyl (C=O) groups excluding carboxylic acids is 2. The molecule has 1 aromatic carbocycles. The Labute approximate surface area is 186 Å². The second-order valence-electron chi connectivity index (χ2n) is 7.93. The Morgan fingerprint density at radius 1 is 1.25 bits per heavy atom. The summed E-state index contributed by atoms with van der Waals surface area (Å²) in [5.41, 5.74) is 2.66. The van der Waals surface area contributed by atoms with E-state index in [9.17, 15) is 14.0 Å². The van der Waals surface area contributed by atoms with Crippen LogP contribution in [0.15, 0.2) is 41.5 Å². The van der Waals surface area contributed by atoms with E-state index in [0.717, 1.165) is 31.7 Å². The van der Waals surface area contributed by atoms with Gasteiger partial charge in [0.1, 0.15) is 11.6 Å². The Bertz CT molecular complexity index is 1050. The molecular formula is C23H26FN5O3. The van der Waals surface area contributed by atoms with Crippen LogP contribution in [0.5, 0.6) is 0 Å². The summed E-state index contributed by atoms with van der Waals surface area (Å²) in [6, 6.07) is 8.35. The Morgan fingerprint density at radius 3 is 2.59 bits per heavy atom. The first-order chi connectivity index (χ1) is 15.4. The van der Waals surface area contributed by atoms with E-state index >= 15 is 0 Å². The van der Waals surface area contributed by atoms with E-state index in [1.807, 2.05) is 19.2 Å². The number of likely N-dealkylation sites (N-methyl/N-ethyl adjacent to an activating group) is 1. The number of amides is 2. The Hall–Kier alpha value is -3.49. The third-order valence-corrected chi connectivity index (χ3v) is 6.03. The van der Waals surface area contributed by atoms with Crippen LogP contribution >= 0.6 is 0 Å². The number of pyridine rings is 1. The molecule has 2 saturated heterocycles. The first-order valence-electron chi connectivity index (χ1n) is 10.5. The fourth-order valence-electron chi connectivity index (χ4n) is 3.92. The quantitative estimate of drug-likeness (QED) is 0.730. The van der Waals surface area contributed by atoms with Crippen molar-refractivity contribution in [1.82, 2.24) is 9.88 Å². The molecule has 2 aliphatic heterocycles. The van der Waals surface area contributed by atoms with Crippen molar-refractivity contribution in [3.8, 4) is 11.1 Å². The summed E-state index contributed by atoms with van der Waals surface area (Å²) < 4.78 is 20.2. The molecule has 1 aromatic heterocycles. The Morgan fingerprint density at radius 2 is 2.00 bits per heavy atom. The number of nitrogens with zero attached hydrogens (tertiary/aromatic N) is 5. The van der Waals surface area contributed by atoms with Gasteiger partial charge in [0.05, 0.1) is 12.2 Å². The number of benzene rings is 1. The van der Waals surface area contributed by atoms with Crippen molar-refractivity contribution in [3.63, 3.8) is 0 Å². The minimum atomic E-state index is -0.700. The van der Waals surface area contributed by atoms with Crippen LogP contribution in [0.2, 0.25) is 0 Å². The van der Waals surface area contributed by atoms with Crippen LogP contribution in [0.1, 0.15) is 19.8 Å². The number of aromatic nitrogens is 1. The standard InChI is InChI=1S/C23H26FN5O3/c1-15(30)27(3)22-14-29(23(31)32-22)18-5-6-19(20(24)12-18)16-4-7-21(26-13-16)28-10-8-17(25-2)9-11-28/h4-7,12-13,22H,8-11,14H2,1-3H3/t22-/m0/s1. The second kappa shape index (κ2) is 8.94. The summed E-state index contributed by atoms with van der Waals surface area (Å²) in [5.74, 6) is 0.182. The van der Waals surface area contributed by atoms with Gasteiger partial charge < -0.3 is 14.5 Å². The number of aliphatic imine (C=N–C) groups is 1. The average molecular weight is 439 g/mol. The normalized spacial score (nSPS) is 18.6. The van der Waals surface area contributed by atoms with E-state index in [1.165, 1.54) is 28.5 Å². The molecule has 8 nitrogen and oxygen atoms in total. The van der Waals surface area contributed by atoms with E-state index in [4.69, 9.17) is 4.74 Å². The number of ether oxygens (including phenoxy) is 1. The van der Waals surface area contributed by atoms with Crippen molar-refractivity contribution in [2.45, 2.75) is 26.0 Å². The molecule has 0 aliphatic carbocycles. The number of cyclic esters (lactones) is 1. The fraction of sp³-hybridized carbons (Fsp3) is 0.391. The van der Waals surface area contributed by atoms with Gasteiger partial charge in [-0.15, -0.1) is 0 Å². The third-order valence-electron chi connectivity index (χ3n) is 6.03. The molecule has 168 valence electrons. The van der Waals surface area contributed by atoms with Crippen LogP contribution in [0.3, 0.4) is 0 Å². The number of rotatable bonds is 4. The predicted molar refractivity (Wildman–Crippen MR) is 120 cm³/mol. The van der Waals surface area contributed by atoms with Crippen LogP contribution in [0.25, 0.3) is 11.1 Å². The van der Waals surface area contributed by atoms with Gasteiger partial charge in [0.15, 0.2) is 6.23 Å². The van der Waals surface area contributed by atoms with Gasteiger partial charge in [0, 0.05) is 70.0 Å². The van der Waals surface area contributed by atoms with Gasteiger partial charge in [0.25, 0.3) is 0 Å². The molecule has 0 radical (unpaired) electrons. The molecular weight excluding hydrogens is 413 g/mol. The lowest BCUT2D eigenvalue weighted by molar-refractivity contribution is -0.134. The molecule has 0 spiro atoms. The minimum Gasteiger partial charge on any atom is -0.423 e. The van der Waals surface area contributed by atoms with E-state index in [0.29, 0.717) is 16.8 Å². The van der Waals surface area contributed by atoms with Crippen molar-refractivity contribution in [2.24, 2.45) is 4.99 Å². The number of piperidine rings is 1. The van der Waals surface area contributed by atoms with Crippen molar-refractivity contribution < 1.29 is 18.7 Å². The Balaban J connectivity index is 1.48. The van der Waals surface area contributed by atoms with Crippen LogP contribution in [-0.2, 0) is 9.53 Å². The zero-order valence-corrected chi connectivity index (χ0v) is 18.4. The predicted octanol–water partition coefficient (Wildman–Crippen LogP) is 3.32. The number of anilines is 2. The summed E-state index contributed by atoms with van der Waals surface area (Å²) in [6.07, 6.45) is 2.21. The highest BCUT2D eigenvalue weighted by Gasteiger charge is 2.36. The summed E-state index contributed by atoms with van der Waals surface area (Å²) in [6.45, 7) is 3.28. The maximum absolute atomic E-state index is 14.9. The molecule has 32 heavy (non-hydrogen) atoms. The second-order valence-corrected chi connectivity index (χ2v) is 7.93. The molecule has 2 aliphatic rings. The molecule has 2 amide bonds. The molecule has 0 bridgehead atoms. The lowest BCUT2D eigenvalue weighted by atomic mass is 10.1. The van der Waals surface area contributed by atoms with Crippen molar-refractivity contribution in [1.29, 1.82) is 0 Å². The van der Waals surface area contributed by atoms with Gasteiger partial charge in [-0.3, -0.25) is 14.7 Å². The monoisotopic (exact) mass is 439 g/mol. The van der Waals surface area contributed by atoms with E-state index < -0.39 is 18.1 Å². The summed E-state index contributed by atoms with van der Waals surface area (Å²) in [7, 11) is 3.39. The lowest BCUT2D eigenvalue weighted by Crippen LogP contribution is -2.38.